The number of amides is 1. The Morgan fingerprint density at radius 3 is 2.50 bits per heavy atom. The molecular formula is C30H25NO5. The highest BCUT2D eigenvalue weighted by Crippen LogP contribution is 2.36. The summed E-state index contributed by atoms with van der Waals surface area (Å²) in [6.45, 7) is 1.78. The zero-order chi connectivity index (χ0) is 25.1. The van der Waals surface area contributed by atoms with E-state index < -0.39 is 11.5 Å². The monoisotopic (exact) mass is 479 g/mol. The molecule has 1 aromatic heterocycles. The average molecular weight is 480 g/mol. The van der Waals surface area contributed by atoms with E-state index in [4.69, 9.17) is 9.15 Å². The minimum atomic E-state index is -0.573. The molecule has 0 spiro atoms. The highest BCUT2D eigenvalue weighted by atomic mass is 16.5. The normalized spacial score (nSPS) is 11.9. The van der Waals surface area contributed by atoms with Crippen molar-refractivity contribution in [2.45, 2.75) is 19.3 Å². The zero-order valence-corrected chi connectivity index (χ0v) is 19.7. The van der Waals surface area contributed by atoms with Gasteiger partial charge in [-0.2, -0.15) is 0 Å². The molecule has 0 saturated carbocycles. The standard InChI is InChI=1S/C30H25NO5/c1-2-22(28-29(33)24-14-5-6-15-26(24)36-30(28)34)20-11-7-12-21(17-20)31-27(32)18-35-25-16-8-10-19-9-3-4-13-23(19)25/h3-17,22,33H,2,18H2,1H3,(H,31,32). The molecular weight excluding hydrogens is 454 g/mol. The number of rotatable bonds is 7. The first kappa shape index (κ1) is 23.2. The molecule has 0 aliphatic rings. The van der Waals surface area contributed by atoms with E-state index in [-0.39, 0.29) is 23.8 Å². The van der Waals surface area contributed by atoms with Crippen molar-refractivity contribution >= 4 is 33.3 Å². The molecule has 1 amide bonds. The van der Waals surface area contributed by atoms with Crippen LogP contribution in [-0.4, -0.2) is 17.6 Å². The number of carbonyl (C=O) groups is 1. The quantitative estimate of drug-likeness (QED) is 0.271. The highest BCUT2D eigenvalue weighted by Gasteiger charge is 2.23. The molecule has 2 N–H and O–H groups in total. The Balaban J connectivity index is 1.36. The Bertz CT molecular complexity index is 1620. The zero-order valence-electron chi connectivity index (χ0n) is 19.7. The average Bonchev–Trinajstić information content (AvgIpc) is 2.90. The van der Waals surface area contributed by atoms with E-state index in [9.17, 15) is 14.7 Å². The van der Waals surface area contributed by atoms with Gasteiger partial charge in [-0.25, -0.2) is 4.79 Å². The summed E-state index contributed by atoms with van der Waals surface area (Å²) < 4.78 is 11.3. The predicted octanol–water partition coefficient (Wildman–Crippen LogP) is 6.21. The van der Waals surface area contributed by atoms with Crippen molar-refractivity contribution < 1.29 is 19.1 Å². The van der Waals surface area contributed by atoms with Crippen molar-refractivity contribution in [2.24, 2.45) is 0 Å². The fourth-order valence-corrected chi connectivity index (χ4v) is 4.56. The molecule has 1 unspecified atom stereocenters. The van der Waals surface area contributed by atoms with Crippen LogP contribution < -0.4 is 15.7 Å². The number of benzene rings is 4. The summed E-state index contributed by atoms with van der Waals surface area (Å²) in [6, 6.07) is 27.7. The van der Waals surface area contributed by atoms with E-state index in [0.29, 0.717) is 28.8 Å². The van der Waals surface area contributed by atoms with Gasteiger partial charge in [-0.15, -0.1) is 0 Å². The first-order chi connectivity index (χ1) is 17.5. The smallest absolute Gasteiger partial charge is 0.343 e. The van der Waals surface area contributed by atoms with Gasteiger partial charge in [0, 0.05) is 17.0 Å². The molecule has 0 bridgehead atoms. The molecule has 6 nitrogen and oxygen atoms in total. The van der Waals surface area contributed by atoms with Gasteiger partial charge in [-0.1, -0.05) is 67.6 Å². The maximum atomic E-state index is 12.8. The van der Waals surface area contributed by atoms with Gasteiger partial charge in [-0.3, -0.25) is 4.79 Å². The number of anilines is 1. The van der Waals surface area contributed by atoms with Crippen LogP contribution in [0.5, 0.6) is 11.5 Å². The molecule has 1 atom stereocenters. The number of aromatic hydroxyl groups is 1. The van der Waals surface area contributed by atoms with E-state index in [2.05, 4.69) is 5.32 Å². The van der Waals surface area contributed by atoms with Crippen LogP contribution in [0.4, 0.5) is 5.69 Å². The number of ether oxygens (including phenoxy) is 1. The van der Waals surface area contributed by atoms with Crippen LogP contribution in [0.25, 0.3) is 21.7 Å². The number of fused-ring (bicyclic) bond motifs is 2. The molecule has 6 heteroatoms. The van der Waals surface area contributed by atoms with E-state index >= 15 is 0 Å². The van der Waals surface area contributed by atoms with Gasteiger partial charge in [0.1, 0.15) is 17.1 Å². The third kappa shape index (κ3) is 4.53. The Kier molecular flexibility index (Phi) is 6.41. The third-order valence-electron chi connectivity index (χ3n) is 6.26. The van der Waals surface area contributed by atoms with E-state index in [1.165, 1.54) is 0 Å². The van der Waals surface area contributed by atoms with Crippen LogP contribution in [0.3, 0.4) is 0 Å². The lowest BCUT2D eigenvalue weighted by atomic mass is 9.88. The first-order valence-corrected chi connectivity index (χ1v) is 11.8. The molecule has 0 radical (unpaired) electrons. The molecule has 36 heavy (non-hydrogen) atoms. The second-order valence-electron chi connectivity index (χ2n) is 8.55. The number of nitrogens with one attached hydrogen (secondary N) is 1. The molecule has 0 aliphatic carbocycles. The van der Waals surface area contributed by atoms with Crippen LogP contribution in [0, 0.1) is 0 Å². The van der Waals surface area contributed by atoms with Crippen LogP contribution in [0.1, 0.15) is 30.4 Å². The lowest BCUT2D eigenvalue weighted by Crippen LogP contribution is -2.20. The Morgan fingerprint density at radius 1 is 0.944 bits per heavy atom. The van der Waals surface area contributed by atoms with Gasteiger partial charge in [0.2, 0.25) is 0 Å². The third-order valence-corrected chi connectivity index (χ3v) is 6.26. The van der Waals surface area contributed by atoms with Crippen LogP contribution >= 0.6 is 0 Å². The maximum absolute atomic E-state index is 12.8. The molecule has 0 fully saturated rings. The predicted molar refractivity (Wildman–Crippen MR) is 141 cm³/mol. The molecule has 5 rings (SSSR count). The molecule has 5 aromatic rings. The molecule has 4 aromatic carbocycles. The van der Waals surface area contributed by atoms with E-state index in [0.717, 1.165) is 16.3 Å². The summed E-state index contributed by atoms with van der Waals surface area (Å²) >= 11 is 0. The number of carbonyl (C=O) groups excluding carboxylic acids is 1. The van der Waals surface area contributed by atoms with Crippen molar-refractivity contribution in [3.05, 3.63) is 113 Å². The maximum Gasteiger partial charge on any atom is 0.343 e. The summed E-state index contributed by atoms with van der Waals surface area (Å²) in [7, 11) is 0. The van der Waals surface area contributed by atoms with Crippen LogP contribution in [-0.2, 0) is 4.79 Å². The summed E-state index contributed by atoms with van der Waals surface area (Å²) in [5.74, 6) is -0.149. The lowest BCUT2D eigenvalue weighted by Gasteiger charge is -2.18. The molecule has 0 saturated heterocycles. The van der Waals surface area contributed by atoms with Crippen molar-refractivity contribution in [1.82, 2.24) is 0 Å². The van der Waals surface area contributed by atoms with Crippen molar-refractivity contribution in [2.75, 3.05) is 11.9 Å². The largest absolute Gasteiger partial charge is 0.507 e. The van der Waals surface area contributed by atoms with Gasteiger partial charge in [0.25, 0.3) is 5.91 Å². The summed E-state index contributed by atoms with van der Waals surface area (Å²) in [5.41, 5.74) is 1.33. The number of hydrogen-bond acceptors (Lipinski definition) is 5. The van der Waals surface area contributed by atoms with Gasteiger partial charge in [-0.05, 0) is 47.7 Å². The molecule has 180 valence electrons. The Labute approximate surface area is 207 Å². The lowest BCUT2D eigenvalue weighted by molar-refractivity contribution is -0.118. The van der Waals surface area contributed by atoms with Gasteiger partial charge < -0.3 is 19.6 Å². The van der Waals surface area contributed by atoms with E-state index in [1.807, 2.05) is 55.5 Å². The van der Waals surface area contributed by atoms with Crippen molar-refractivity contribution in [1.29, 1.82) is 0 Å². The molecule has 1 heterocycles. The topological polar surface area (TPSA) is 88.8 Å². The molecule has 0 aliphatic heterocycles. The first-order valence-electron chi connectivity index (χ1n) is 11.8. The Morgan fingerprint density at radius 2 is 1.67 bits per heavy atom. The van der Waals surface area contributed by atoms with Gasteiger partial charge in [0.05, 0.1) is 10.9 Å². The van der Waals surface area contributed by atoms with Crippen molar-refractivity contribution in [3.63, 3.8) is 0 Å². The summed E-state index contributed by atoms with van der Waals surface area (Å²) in [4.78, 5) is 25.4. The second kappa shape index (κ2) is 9.96. The van der Waals surface area contributed by atoms with Crippen LogP contribution in [0.2, 0.25) is 0 Å². The van der Waals surface area contributed by atoms with Crippen molar-refractivity contribution in [3.8, 4) is 11.5 Å². The summed E-state index contributed by atoms with van der Waals surface area (Å²) in [6.07, 6.45) is 0.554. The highest BCUT2D eigenvalue weighted by molar-refractivity contribution is 5.93. The van der Waals surface area contributed by atoms with Crippen LogP contribution in [0.15, 0.2) is 100 Å². The SMILES string of the molecule is CCC(c1cccc(NC(=O)COc2cccc3ccccc23)c1)c1c(O)c2ccccc2oc1=O. The number of para-hydroxylation sites is 1. The van der Waals surface area contributed by atoms with Gasteiger partial charge >= 0.3 is 5.63 Å². The van der Waals surface area contributed by atoms with E-state index in [1.54, 1.807) is 42.5 Å². The minimum Gasteiger partial charge on any atom is -0.507 e. The summed E-state index contributed by atoms with van der Waals surface area (Å²) in [5, 5.41) is 16.2. The Hall–Kier alpha value is -4.58. The fraction of sp³-hybridized carbons (Fsp3) is 0.133. The second-order valence-corrected chi connectivity index (χ2v) is 8.55. The fourth-order valence-electron chi connectivity index (χ4n) is 4.56. The number of hydrogen-bond donors (Lipinski definition) is 2. The van der Waals surface area contributed by atoms with Gasteiger partial charge in [0.15, 0.2) is 6.61 Å². The minimum absolute atomic E-state index is 0.0772.